The second-order valence-corrected chi connectivity index (χ2v) is 9.54. The Morgan fingerprint density at radius 3 is 2.08 bits per heavy atom. The van der Waals surface area contributed by atoms with Gasteiger partial charge in [0.05, 0.1) is 16.9 Å². The Bertz CT molecular complexity index is 1040. The highest BCUT2D eigenvalue weighted by Gasteiger charge is 2.27. The summed E-state index contributed by atoms with van der Waals surface area (Å²) < 4.78 is 20.9. The van der Waals surface area contributed by atoms with Crippen molar-refractivity contribution in [3.05, 3.63) is 42.5 Å². The molecule has 7 heteroatoms. The van der Waals surface area contributed by atoms with Gasteiger partial charge in [-0.25, -0.2) is 0 Å². The Morgan fingerprint density at radius 2 is 1.64 bits per heavy atom. The Balaban J connectivity index is 0.000000390. The second-order valence-electron chi connectivity index (χ2n) is 9.01. The number of fused-ring (bicyclic) bond motifs is 1. The molecular weight excluding hydrogens is 472 g/mol. The van der Waals surface area contributed by atoms with E-state index in [1.807, 2.05) is 54.4 Å². The number of anilines is 1. The fourth-order valence-corrected chi connectivity index (χ4v) is 4.96. The minimum atomic E-state index is -1.43. The smallest absolute Gasteiger partial charge is 0.249 e. The third-order valence-corrected chi connectivity index (χ3v) is 6.83. The predicted octanol–water partition coefficient (Wildman–Crippen LogP) is 8.09. The summed E-state index contributed by atoms with van der Waals surface area (Å²) >= 11 is 0. The van der Waals surface area contributed by atoms with Crippen molar-refractivity contribution in [2.75, 3.05) is 19.4 Å². The number of nitrogens with zero attached hydrogens (tertiary/aromatic N) is 1. The molecule has 1 heterocycles. The van der Waals surface area contributed by atoms with Crippen LogP contribution in [0.25, 0.3) is 22.2 Å². The van der Waals surface area contributed by atoms with Gasteiger partial charge in [-0.15, -0.1) is 0 Å². The summed E-state index contributed by atoms with van der Waals surface area (Å²) in [5, 5.41) is 14.1. The number of alkyl halides is 1. The maximum atomic E-state index is 13.3. The molecule has 2 aliphatic rings. The third-order valence-electron chi connectivity index (χ3n) is 6.70. The third kappa shape index (κ3) is 7.36. The maximum absolute atomic E-state index is 13.3. The van der Waals surface area contributed by atoms with Crippen LogP contribution in [0.2, 0.25) is 0 Å². The van der Waals surface area contributed by atoms with E-state index < -0.39 is 6.10 Å². The van der Waals surface area contributed by atoms with Gasteiger partial charge in [0.25, 0.3) is 0 Å². The maximum Gasteiger partial charge on any atom is 0.249 e. The summed E-state index contributed by atoms with van der Waals surface area (Å²) in [6.45, 7) is 6.34. The van der Waals surface area contributed by atoms with Crippen molar-refractivity contribution in [2.45, 2.75) is 77.9 Å². The Morgan fingerprint density at radius 1 is 1.03 bits per heavy atom. The molecule has 0 saturated heterocycles. The molecule has 2 unspecified atom stereocenters. The van der Waals surface area contributed by atoms with Crippen LogP contribution in [0.3, 0.4) is 0 Å². The van der Waals surface area contributed by atoms with Crippen LogP contribution in [0, 0.1) is 5.92 Å². The summed E-state index contributed by atoms with van der Waals surface area (Å²) in [6.07, 6.45) is 7.97. The Labute approximate surface area is 218 Å². The van der Waals surface area contributed by atoms with Crippen molar-refractivity contribution < 1.29 is 14.2 Å². The number of nitrogens with one attached hydrogen (secondary N) is 1. The summed E-state index contributed by atoms with van der Waals surface area (Å²) in [5.74, 6) is 1.80. The number of benzene rings is 2. The molecule has 2 atom stereocenters. The summed E-state index contributed by atoms with van der Waals surface area (Å²) in [4.78, 5) is 0. The van der Waals surface area contributed by atoms with Crippen LogP contribution in [-0.2, 0) is 0 Å². The Kier molecular flexibility index (Phi) is 12.5. The minimum absolute atomic E-state index is 0.246. The molecule has 0 aliphatic heterocycles. The molecule has 200 valence electrons. The van der Waals surface area contributed by atoms with E-state index in [4.69, 9.17) is 4.74 Å². The highest BCUT2D eigenvalue weighted by molar-refractivity contribution is 7.16. The first-order valence-corrected chi connectivity index (χ1v) is 13.9. The number of hydrogen-bond donors (Lipinski definition) is 3. The highest BCUT2D eigenvalue weighted by atomic mass is 31.0. The van der Waals surface area contributed by atoms with E-state index in [-0.39, 0.29) is 5.75 Å². The van der Waals surface area contributed by atoms with E-state index in [1.54, 1.807) is 18.2 Å². The van der Waals surface area contributed by atoms with Gasteiger partial charge in [-0.3, -0.25) is 0 Å². The van der Waals surface area contributed by atoms with E-state index in [0.29, 0.717) is 11.8 Å². The zero-order chi connectivity index (χ0) is 26.7. The van der Waals surface area contributed by atoms with E-state index in [1.165, 1.54) is 39.2 Å². The van der Waals surface area contributed by atoms with Crippen LogP contribution < -0.4 is 15.8 Å². The average Bonchev–Trinajstić information content (AvgIpc) is 3.46. The van der Waals surface area contributed by atoms with Gasteiger partial charge in [0.1, 0.15) is 11.5 Å². The largest absolute Gasteiger partial charge is 0.508 e. The normalized spacial score (nSPS) is 15.9. The molecular formula is C29H45FN3O2P. The van der Waals surface area contributed by atoms with Crippen LogP contribution in [0.1, 0.15) is 71.8 Å². The summed E-state index contributed by atoms with van der Waals surface area (Å²) in [5.41, 5.74) is 8.69. The predicted molar refractivity (Wildman–Crippen MR) is 156 cm³/mol. The van der Waals surface area contributed by atoms with Crippen LogP contribution in [0.4, 0.5) is 10.1 Å². The Hall–Kier alpha value is -2.30. The minimum Gasteiger partial charge on any atom is -0.508 e. The van der Waals surface area contributed by atoms with E-state index >= 15 is 0 Å². The second kappa shape index (κ2) is 15.1. The van der Waals surface area contributed by atoms with Crippen molar-refractivity contribution in [1.29, 1.82) is 0 Å². The number of hydrogen-bond acceptors (Lipinski definition) is 4. The van der Waals surface area contributed by atoms with Gasteiger partial charge in [-0.05, 0) is 68.6 Å². The number of rotatable bonds is 5. The molecule has 0 bridgehead atoms. The van der Waals surface area contributed by atoms with E-state index in [2.05, 4.69) is 22.5 Å². The number of aromatic nitrogens is 1. The van der Waals surface area contributed by atoms with E-state index in [0.717, 1.165) is 46.6 Å². The molecule has 3 aromatic rings. The molecule has 0 radical (unpaired) electrons. The van der Waals surface area contributed by atoms with Gasteiger partial charge in [0.2, 0.25) is 6.10 Å². The number of halogens is 1. The molecule has 2 aliphatic carbocycles. The number of ether oxygens (including phenoxy) is 1. The monoisotopic (exact) mass is 517 g/mol. The van der Waals surface area contributed by atoms with Crippen molar-refractivity contribution in [3.63, 3.8) is 0 Å². The topological polar surface area (TPSA) is 72.4 Å². The highest BCUT2D eigenvalue weighted by Crippen LogP contribution is 2.46. The van der Waals surface area contributed by atoms with Crippen molar-refractivity contribution in [3.8, 4) is 22.8 Å². The SMILES string of the molecule is CC.CC1CCCC1.CN.CNc1c(-c2ccc(O)cc2)n(C2CCC2)c2cc(OC(F)P)ccc12. The van der Waals surface area contributed by atoms with Gasteiger partial charge >= 0.3 is 0 Å². The average molecular weight is 518 g/mol. The fourth-order valence-electron chi connectivity index (χ4n) is 4.80. The number of phenolic OH excluding ortho intramolecular Hbond substituents is 1. The quantitative estimate of drug-likeness (QED) is 0.299. The standard InChI is InChI=1S/C20H22FN2O2P.C6H12.C2H6.CH5N/c1-22-18-16-10-9-15(25-20(21)26)11-17(16)23(13-3-2-4-13)19(18)12-5-7-14(24)8-6-12;1-6-4-2-3-5-6;2*1-2/h5-11,13,20,22,24H,2-4,26H2,1H3;6H,2-5H2,1H3;1-2H3;2H2,1H3. The van der Waals surface area contributed by atoms with Gasteiger partial charge in [-0.2, -0.15) is 4.39 Å². The van der Waals surface area contributed by atoms with Crippen LogP contribution >= 0.6 is 9.24 Å². The zero-order valence-electron chi connectivity index (χ0n) is 22.6. The molecule has 5 nitrogen and oxygen atoms in total. The van der Waals surface area contributed by atoms with Crippen molar-refractivity contribution >= 4 is 25.8 Å². The van der Waals surface area contributed by atoms with Gasteiger partial charge in [0.15, 0.2) is 0 Å². The molecule has 0 amide bonds. The first-order chi connectivity index (χ1) is 17.5. The molecule has 2 fully saturated rings. The van der Waals surface area contributed by atoms with Crippen molar-refractivity contribution in [1.82, 2.24) is 4.57 Å². The van der Waals surface area contributed by atoms with Crippen molar-refractivity contribution in [2.24, 2.45) is 11.7 Å². The fraction of sp³-hybridized carbons (Fsp3) is 0.517. The summed E-state index contributed by atoms with van der Waals surface area (Å²) in [7, 11) is 5.42. The molecule has 36 heavy (non-hydrogen) atoms. The first kappa shape index (κ1) is 29.9. The number of nitrogens with two attached hydrogens (primary N) is 1. The van der Waals surface area contributed by atoms with Gasteiger partial charge < -0.3 is 25.5 Å². The van der Waals surface area contributed by atoms with E-state index in [9.17, 15) is 9.50 Å². The molecule has 2 aromatic carbocycles. The van der Waals surface area contributed by atoms with Crippen LogP contribution in [-0.4, -0.2) is 29.9 Å². The lowest BCUT2D eigenvalue weighted by Crippen LogP contribution is -2.18. The lowest BCUT2D eigenvalue weighted by Gasteiger charge is -2.30. The molecule has 4 N–H and O–H groups in total. The molecule has 2 saturated carbocycles. The van der Waals surface area contributed by atoms with Gasteiger partial charge in [0, 0.05) is 30.1 Å². The first-order valence-electron chi connectivity index (χ1n) is 13.3. The van der Waals surface area contributed by atoms with Crippen LogP contribution in [0.5, 0.6) is 11.5 Å². The molecule has 1 aromatic heterocycles. The molecule has 0 spiro atoms. The van der Waals surface area contributed by atoms with Gasteiger partial charge in [-0.1, -0.05) is 55.7 Å². The van der Waals surface area contributed by atoms with Crippen LogP contribution in [0.15, 0.2) is 42.5 Å². The lowest BCUT2D eigenvalue weighted by atomic mass is 9.92. The zero-order valence-corrected chi connectivity index (χ0v) is 23.7. The lowest BCUT2D eigenvalue weighted by molar-refractivity contribution is 0.153. The number of phenols is 1. The summed E-state index contributed by atoms with van der Waals surface area (Å²) in [6, 6.07) is 13.4. The molecule has 5 rings (SSSR count). The number of aromatic hydroxyl groups is 1.